The van der Waals surface area contributed by atoms with Gasteiger partial charge in [0.15, 0.2) is 0 Å². The maximum absolute atomic E-state index is 6.26. The first-order valence-electron chi connectivity index (χ1n) is 8.52. The van der Waals surface area contributed by atoms with Gasteiger partial charge in [0.25, 0.3) is 0 Å². The van der Waals surface area contributed by atoms with E-state index < -0.39 is 0 Å². The Morgan fingerprint density at radius 2 is 2.17 bits per heavy atom. The summed E-state index contributed by atoms with van der Waals surface area (Å²) in [7, 11) is 2.18. The molecule has 0 radical (unpaired) electrons. The third kappa shape index (κ3) is 4.00. The molecule has 0 aliphatic carbocycles. The van der Waals surface area contributed by atoms with Gasteiger partial charge in [-0.15, -0.1) is 0 Å². The predicted octanol–water partition coefficient (Wildman–Crippen LogP) is 1.43. The van der Waals surface area contributed by atoms with Gasteiger partial charge in [-0.1, -0.05) is 0 Å². The molecule has 128 valence electrons. The molecule has 0 N–H and O–H groups in total. The Hall–Kier alpha value is -1.24. The van der Waals surface area contributed by atoms with E-state index >= 15 is 0 Å². The Morgan fingerprint density at radius 3 is 2.91 bits per heavy atom. The number of rotatable bonds is 4. The SMILES string of the molecule is CC(C)N(C)CC1COC2(COCCN(c3ncccn3)C2)C1. The molecule has 0 bridgehead atoms. The third-order valence-electron chi connectivity index (χ3n) is 4.90. The number of anilines is 1. The minimum atomic E-state index is -0.224. The molecule has 2 aliphatic heterocycles. The highest BCUT2D eigenvalue weighted by Gasteiger charge is 2.44. The van der Waals surface area contributed by atoms with Gasteiger partial charge in [-0.2, -0.15) is 0 Å². The molecule has 3 heterocycles. The Bertz CT molecular complexity index is 499. The van der Waals surface area contributed by atoms with Crippen molar-refractivity contribution in [1.82, 2.24) is 14.9 Å². The van der Waals surface area contributed by atoms with E-state index in [9.17, 15) is 0 Å². The Kier molecular flexibility index (Phi) is 5.14. The van der Waals surface area contributed by atoms with Crippen molar-refractivity contribution in [2.24, 2.45) is 5.92 Å². The fourth-order valence-corrected chi connectivity index (χ4v) is 3.42. The lowest BCUT2D eigenvalue weighted by Gasteiger charge is -2.31. The van der Waals surface area contributed by atoms with Crippen molar-refractivity contribution in [3.05, 3.63) is 18.5 Å². The third-order valence-corrected chi connectivity index (χ3v) is 4.90. The van der Waals surface area contributed by atoms with Gasteiger partial charge >= 0.3 is 0 Å². The summed E-state index contributed by atoms with van der Waals surface area (Å²) in [5.74, 6) is 1.33. The van der Waals surface area contributed by atoms with Crippen LogP contribution in [0.1, 0.15) is 20.3 Å². The van der Waals surface area contributed by atoms with Crippen LogP contribution >= 0.6 is 0 Å². The molecule has 0 amide bonds. The normalized spacial score (nSPS) is 28.7. The van der Waals surface area contributed by atoms with Crippen LogP contribution in [0.4, 0.5) is 5.95 Å². The van der Waals surface area contributed by atoms with Gasteiger partial charge in [0, 0.05) is 31.5 Å². The van der Waals surface area contributed by atoms with Crippen molar-refractivity contribution >= 4 is 5.95 Å². The molecule has 2 aliphatic rings. The second-order valence-corrected chi connectivity index (χ2v) is 7.12. The summed E-state index contributed by atoms with van der Waals surface area (Å²) in [6.45, 7) is 9.32. The zero-order valence-corrected chi connectivity index (χ0v) is 14.4. The maximum Gasteiger partial charge on any atom is 0.225 e. The van der Waals surface area contributed by atoms with E-state index in [1.54, 1.807) is 12.4 Å². The quantitative estimate of drug-likeness (QED) is 0.836. The molecule has 1 spiro atoms. The summed E-state index contributed by atoms with van der Waals surface area (Å²) in [6, 6.07) is 2.41. The Morgan fingerprint density at radius 1 is 1.39 bits per heavy atom. The van der Waals surface area contributed by atoms with Crippen LogP contribution in [0, 0.1) is 5.92 Å². The molecule has 6 nitrogen and oxygen atoms in total. The molecule has 2 atom stereocenters. The summed E-state index contributed by atoms with van der Waals surface area (Å²) in [5.41, 5.74) is -0.224. The number of aromatic nitrogens is 2. The zero-order chi connectivity index (χ0) is 16.3. The van der Waals surface area contributed by atoms with Gasteiger partial charge in [-0.05, 0) is 39.3 Å². The monoisotopic (exact) mass is 320 g/mol. The summed E-state index contributed by atoms with van der Waals surface area (Å²) in [4.78, 5) is 13.4. The largest absolute Gasteiger partial charge is 0.377 e. The summed E-state index contributed by atoms with van der Waals surface area (Å²) in [5, 5.41) is 0. The average Bonchev–Trinajstić information content (AvgIpc) is 2.81. The van der Waals surface area contributed by atoms with Crippen LogP contribution in [-0.2, 0) is 9.47 Å². The molecule has 6 heteroatoms. The molecular weight excluding hydrogens is 292 g/mol. The number of hydrogen-bond acceptors (Lipinski definition) is 6. The Balaban J connectivity index is 1.66. The molecule has 0 aromatic carbocycles. The molecule has 2 unspecified atom stereocenters. The van der Waals surface area contributed by atoms with Gasteiger partial charge < -0.3 is 19.3 Å². The van der Waals surface area contributed by atoms with Gasteiger partial charge in [-0.3, -0.25) is 0 Å². The first-order chi connectivity index (χ1) is 11.1. The average molecular weight is 320 g/mol. The maximum atomic E-state index is 6.26. The van der Waals surface area contributed by atoms with E-state index in [1.165, 1.54) is 0 Å². The fourth-order valence-electron chi connectivity index (χ4n) is 3.42. The van der Waals surface area contributed by atoms with Gasteiger partial charge in [-0.25, -0.2) is 9.97 Å². The van der Waals surface area contributed by atoms with Gasteiger partial charge in [0.1, 0.15) is 5.60 Å². The molecule has 23 heavy (non-hydrogen) atoms. The van der Waals surface area contributed by atoms with Crippen LogP contribution < -0.4 is 4.90 Å². The number of hydrogen-bond donors (Lipinski definition) is 0. The summed E-state index contributed by atoms with van der Waals surface area (Å²) >= 11 is 0. The van der Waals surface area contributed by atoms with Crippen molar-refractivity contribution < 1.29 is 9.47 Å². The Labute approximate surface area is 138 Å². The lowest BCUT2D eigenvalue weighted by molar-refractivity contribution is -0.0458. The van der Waals surface area contributed by atoms with Crippen molar-refractivity contribution in [2.45, 2.75) is 31.9 Å². The molecule has 2 fully saturated rings. The van der Waals surface area contributed by atoms with Crippen LogP contribution in [-0.4, -0.2) is 73.0 Å². The fraction of sp³-hybridized carbons (Fsp3) is 0.765. The van der Waals surface area contributed by atoms with Crippen LogP contribution in [0.25, 0.3) is 0 Å². The van der Waals surface area contributed by atoms with E-state index in [0.717, 1.165) is 38.6 Å². The molecule has 0 saturated carbocycles. The molecular formula is C17H28N4O2. The highest BCUT2D eigenvalue weighted by Crippen LogP contribution is 2.34. The smallest absolute Gasteiger partial charge is 0.225 e. The van der Waals surface area contributed by atoms with Crippen LogP contribution in [0.2, 0.25) is 0 Å². The highest BCUT2D eigenvalue weighted by atomic mass is 16.5. The lowest BCUT2D eigenvalue weighted by Crippen LogP contribution is -2.45. The van der Waals surface area contributed by atoms with Crippen LogP contribution in [0.15, 0.2) is 18.5 Å². The standard InChI is InChI=1S/C17H28N4O2/c1-14(2)20(3)10-15-9-17(23-11-15)12-21(7-8-22-13-17)16-18-5-4-6-19-16/h4-6,14-15H,7-13H2,1-3H3. The first kappa shape index (κ1) is 16.6. The predicted molar refractivity (Wildman–Crippen MR) is 89.6 cm³/mol. The molecule has 1 aromatic rings. The minimum absolute atomic E-state index is 0.224. The topological polar surface area (TPSA) is 50.7 Å². The van der Waals surface area contributed by atoms with Crippen molar-refractivity contribution in [3.8, 4) is 0 Å². The van der Waals surface area contributed by atoms with E-state index in [-0.39, 0.29) is 5.60 Å². The van der Waals surface area contributed by atoms with E-state index in [4.69, 9.17) is 9.47 Å². The number of nitrogens with zero attached hydrogens (tertiary/aromatic N) is 4. The second kappa shape index (κ2) is 7.11. The van der Waals surface area contributed by atoms with E-state index in [1.807, 2.05) is 6.07 Å². The van der Waals surface area contributed by atoms with Crippen molar-refractivity contribution in [3.63, 3.8) is 0 Å². The van der Waals surface area contributed by atoms with Crippen molar-refractivity contribution in [2.75, 3.05) is 51.4 Å². The minimum Gasteiger partial charge on any atom is -0.377 e. The van der Waals surface area contributed by atoms with Crippen LogP contribution in [0.3, 0.4) is 0 Å². The second-order valence-electron chi connectivity index (χ2n) is 7.12. The summed E-state index contributed by atoms with van der Waals surface area (Å²) in [6.07, 6.45) is 4.61. The lowest BCUT2D eigenvalue weighted by atomic mass is 9.94. The van der Waals surface area contributed by atoms with Crippen molar-refractivity contribution in [1.29, 1.82) is 0 Å². The number of ether oxygens (including phenoxy) is 2. The molecule has 1 aromatic heterocycles. The van der Waals surface area contributed by atoms with Gasteiger partial charge in [0.2, 0.25) is 5.95 Å². The molecule has 3 rings (SSSR count). The summed E-state index contributed by atoms with van der Waals surface area (Å²) < 4.78 is 12.1. The highest BCUT2D eigenvalue weighted by molar-refractivity contribution is 5.30. The first-order valence-corrected chi connectivity index (χ1v) is 8.52. The van der Waals surface area contributed by atoms with E-state index in [0.29, 0.717) is 25.2 Å². The van der Waals surface area contributed by atoms with E-state index in [2.05, 4.69) is 40.7 Å². The van der Waals surface area contributed by atoms with Gasteiger partial charge in [0.05, 0.1) is 26.4 Å². The zero-order valence-electron chi connectivity index (χ0n) is 14.4. The molecule has 2 saturated heterocycles. The van der Waals surface area contributed by atoms with Crippen LogP contribution in [0.5, 0.6) is 0 Å².